The van der Waals surface area contributed by atoms with E-state index in [1.807, 2.05) is 24.3 Å². The summed E-state index contributed by atoms with van der Waals surface area (Å²) in [5.41, 5.74) is 4.62. The standard InChI is InChI=1S/C17H12Cl2N2O3S/c18-10-5-7-11(8-6-10)24-9-14(22)20-21-17(23)16-15(19)12-3-1-2-4-13(12)25-16/h1-8H,9H2,(H,20,22)(H,21,23). The van der Waals surface area contributed by atoms with Gasteiger partial charge in [0, 0.05) is 15.1 Å². The average Bonchev–Trinajstić information content (AvgIpc) is 2.96. The molecule has 8 heteroatoms. The molecule has 0 radical (unpaired) electrons. The van der Waals surface area contributed by atoms with Gasteiger partial charge in [0.25, 0.3) is 11.8 Å². The lowest BCUT2D eigenvalue weighted by molar-refractivity contribution is -0.123. The molecule has 0 aliphatic rings. The highest BCUT2D eigenvalue weighted by Gasteiger charge is 2.17. The van der Waals surface area contributed by atoms with Gasteiger partial charge >= 0.3 is 0 Å². The zero-order valence-electron chi connectivity index (χ0n) is 12.7. The third-order valence-corrected chi connectivity index (χ3v) is 5.17. The van der Waals surface area contributed by atoms with E-state index in [-0.39, 0.29) is 6.61 Å². The third-order valence-electron chi connectivity index (χ3n) is 3.24. The molecule has 0 aliphatic carbocycles. The number of fused-ring (bicyclic) bond motifs is 1. The highest BCUT2D eigenvalue weighted by molar-refractivity contribution is 7.21. The SMILES string of the molecule is O=C(COc1ccc(Cl)cc1)NNC(=O)c1sc2ccccc2c1Cl. The maximum Gasteiger partial charge on any atom is 0.281 e. The number of carbonyl (C=O) groups is 2. The normalized spacial score (nSPS) is 10.5. The van der Waals surface area contributed by atoms with Crippen molar-refractivity contribution in [2.45, 2.75) is 0 Å². The fraction of sp³-hybridized carbons (Fsp3) is 0.0588. The Kier molecular flexibility index (Phi) is 5.43. The molecular formula is C17H12Cl2N2O3S. The first kappa shape index (κ1) is 17.5. The van der Waals surface area contributed by atoms with Gasteiger partial charge in [0.1, 0.15) is 10.6 Å². The number of rotatable bonds is 4. The van der Waals surface area contributed by atoms with Crippen molar-refractivity contribution in [3.63, 3.8) is 0 Å². The van der Waals surface area contributed by atoms with E-state index in [2.05, 4.69) is 10.9 Å². The molecule has 0 bridgehead atoms. The average molecular weight is 395 g/mol. The maximum atomic E-state index is 12.2. The molecule has 0 fully saturated rings. The summed E-state index contributed by atoms with van der Waals surface area (Å²) in [5.74, 6) is -0.481. The summed E-state index contributed by atoms with van der Waals surface area (Å²) in [5, 5.41) is 1.74. The van der Waals surface area contributed by atoms with Gasteiger partial charge in [-0.25, -0.2) is 0 Å². The first-order chi connectivity index (χ1) is 12.0. The lowest BCUT2D eigenvalue weighted by Crippen LogP contribution is -2.43. The van der Waals surface area contributed by atoms with E-state index in [4.69, 9.17) is 27.9 Å². The molecule has 1 heterocycles. The van der Waals surface area contributed by atoms with E-state index in [1.54, 1.807) is 24.3 Å². The highest BCUT2D eigenvalue weighted by Crippen LogP contribution is 2.34. The molecule has 25 heavy (non-hydrogen) atoms. The number of hydrogen-bond acceptors (Lipinski definition) is 4. The molecule has 0 spiro atoms. The topological polar surface area (TPSA) is 67.4 Å². The van der Waals surface area contributed by atoms with Crippen molar-refractivity contribution < 1.29 is 14.3 Å². The lowest BCUT2D eigenvalue weighted by Gasteiger charge is -2.08. The summed E-state index contributed by atoms with van der Waals surface area (Å²) < 4.78 is 6.19. The van der Waals surface area contributed by atoms with Crippen LogP contribution in [0.2, 0.25) is 10.0 Å². The van der Waals surface area contributed by atoms with E-state index in [9.17, 15) is 9.59 Å². The van der Waals surface area contributed by atoms with Gasteiger partial charge in [0.2, 0.25) is 0 Å². The molecule has 128 valence electrons. The summed E-state index contributed by atoms with van der Waals surface area (Å²) in [6, 6.07) is 14.0. The van der Waals surface area contributed by atoms with Gasteiger partial charge in [-0.2, -0.15) is 0 Å². The van der Waals surface area contributed by atoms with Crippen LogP contribution in [-0.2, 0) is 4.79 Å². The Morgan fingerprint density at radius 1 is 1.00 bits per heavy atom. The predicted molar refractivity (Wildman–Crippen MR) is 99.4 cm³/mol. The minimum atomic E-state index is -0.500. The van der Waals surface area contributed by atoms with Gasteiger partial charge in [0.15, 0.2) is 6.61 Å². The second kappa shape index (κ2) is 7.74. The fourth-order valence-corrected chi connectivity index (χ4v) is 3.60. The van der Waals surface area contributed by atoms with Gasteiger partial charge in [0.05, 0.1) is 5.02 Å². The number of carbonyl (C=O) groups excluding carboxylic acids is 2. The molecule has 0 aliphatic heterocycles. The van der Waals surface area contributed by atoms with Crippen LogP contribution in [0.1, 0.15) is 9.67 Å². The van der Waals surface area contributed by atoms with Crippen LogP contribution < -0.4 is 15.6 Å². The smallest absolute Gasteiger partial charge is 0.281 e. The second-order valence-corrected chi connectivity index (χ2v) is 6.85. The van der Waals surface area contributed by atoms with Gasteiger partial charge in [-0.3, -0.25) is 20.4 Å². The number of halogens is 2. The number of hydrogen-bond donors (Lipinski definition) is 2. The Morgan fingerprint density at radius 2 is 1.72 bits per heavy atom. The van der Waals surface area contributed by atoms with E-state index in [1.165, 1.54) is 11.3 Å². The fourth-order valence-electron chi connectivity index (χ4n) is 2.06. The monoisotopic (exact) mass is 394 g/mol. The first-order valence-electron chi connectivity index (χ1n) is 7.19. The Morgan fingerprint density at radius 3 is 2.44 bits per heavy atom. The van der Waals surface area contributed by atoms with Crippen LogP contribution in [0, 0.1) is 0 Å². The molecule has 0 unspecified atom stereocenters. The number of benzene rings is 2. The summed E-state index contributed by atoms with van der Waals surface area (Å²) in [4.78, 5) is 24.3. The van der Waals surface area contributed by atoms with Crippen LogP contribution in [0.3, 0.4) is 0 Å². The molecule has 0 saturated heterocycles. The number of thiophene rings is 1. The van der Waals surface area contributed by atoms with Crippen molar-refractivity contribution in [1.29, 1.82) is 0 Å². The molecule has 0 atom stereocenters. The maximum absolute atomic E-state index is 12.2. The van der Waals surface area contributed by atoms with Crippen molar-refractivity contribution in [1.82, 2.24) is 10.9 Å². The number of nitrogens with one attached hydrogen (secondary N) is 2. The van der Waals surface area contributed by atoms with Crippen molar-refractivity contribution in [2.75, 3.05) is 6.61 Å². The van der Waals surface area contributed by atoms with E-state index < -0.39 is 11.8 Å². The summed E-state index contributed by atoms with van der Waals surface area (Å²) in [6.45, 7) is -0.248. The molecule has 2 aromatic carbocycles. The summed E-state index contributed by atoms with van der Waals surface area (Å²) in [6.07, 6.45) is 0. The van der Waals surface area contributed by atoms with Crippen LogP contribution in [0.5, 0.6) is 5.75 Å². The first-order valence-corrected chi connectivity index (χ1v) is 8.76. The quantitative estimate of drug-likeness (QED) is 0.655. The minimum absolute atomic E-state index is 0.248. The van der Waals surface area contributed by atoms with Crippen molar-refractivity contribution in [2.24, 2.45) is 0 Å². The Balaban J connectivity index is 1.55. The largest absolute Gasteiger partial charge is 0.484 e. The molecule has 5 nitrogen and oxygen atoms in total. The van der Waals surface area contributed by atoms with E-state index >= 15 is 0 Å². The van der Waals surface area contributed by atoms with Crippen LogP contribution in [0.4, 0.5) is 0 Å². The Bertz CT molecular complexity index is 925. The molecule has 3 rings (SSSR count). The zero-order chi connectivity index (χ0) is 17.8. The van der Waals surface area contributed by atoms with Crippen LogP contribution in [-0.4, -0.2) is 18.4 Å². The van der Waals surface area contributed by atoms with Crippen LogP contribution >= 0.6 is 34.5 Å². The molecule has 3 aromatic rings. The summed E-state index contributed by atoms with van der Waals surface area (Å²) in [7, 11) is 0. The molecule has 2 amide bonds. The number of ether oxygens (including phenoxy) is 1. The number of amides is 2. The molecular weight excluding hydrogens is 383 g/mol. The van der Waals surface area contributed by atoms with Crippen molar-refractivity contribution >= 4 is 56.4 Å². The zero-order valence-corrected chi connectivity index (χ0v) is 15.0. The predicted octanol–water partition coefficient (Wildman–Crippen LogP) is 4.05. The third kappa shape index (κ3) is 4.22. The second-order valence-electron chi connectivity index (χ2n) is 4.99. The van der Waals surface area contributed by atoms with Gasteiger partial charge in [-0.15, -0.1) is 11.3 Å². The molecule has 1 aromatic heterocycles. The van der Waals surface area contributed by atoms with Crippen molar-refractivity contribution in [3.05, 3.63) is 63.5 Å². The lowest BCUT2D eigenvalue weighted by atomic mass is 10.2. The van der Waals surface area contributed by atoms with Gasteiger partial charge < -0.3 is 4.74 Å². The van der Waals surface area contributed by atoms with Crippen LogP contribution in [0.15, 0.2) is 48.5 Å². The molecule has 2 N–H and O–H groups in total. The van der Waals surface area contributed by atoms with Gasteiger partial charge in [-0.1, -0.05) is 41.4 Å². The Hall–Kier alpha value is -2.28. The van der Waals surface area contributed by atoms with Gasteiger partial charge in [-0.05, 0) is 30.3 Å². The van der Waals surface area contributed by atoms with Crippen LogP contribution in [0.25, 0.3) is 10.1 Å². The van der Waals surface area contributed by atoms with Crippen molar-refractivity contribution in [3.8, 4) is 5.75 Å². The minimum Gasteiger partial charge on any atom is -0.484 e. The van der Waals surface area contributed by atoms with E-state index in [0.717, 1.165) is 10.1 Å². The highest BCUT2D eigenvalue weighted by atomic mass is 35.5. The Labute approximate surface area is 157 Å². The summed E-state index contributed by atoms with van der Waals surface area (Å²) >= 11 is 13.2. The van der Waals surface area contributed by atoms with E-state index in [0.29, 0.717) is 20.7 Å². The number of hydrazine groups is 1. The molecule has 0 saturated carbocycles.